The van der Waals surface area contributed by atoms with E-state index in [-0.39, 0.29) is 18.2 Å². The summed E-state index contributed by atoms with van der Waals surface area (Å²) in [6.07, 6.45) is 1.48. The van der Waals surface area contributed by atoms with Crippen molar-refractivity contribution in [2.45, 2.75) is 13.5 Å². The van der Waals surface area contributed by atoms with Crippen LogP contribution >= 0.6 is 22.9 Å². The van der Waals surface area contributed by atoms with Gasteiger partial charge in [-0.25, -0.2) is 10.4 Å². The molecule has 210 valence electrons. The number of nitro groups is 1. The first-order valence-corrected chi connectivity index (χ1v) is 14.0. The van der Waals surface area contributed by atoms with Crippen LogP contribution in [0.25, 0.3) is 11.3 Å². The maximum Gasteiger partial charge on any atom is 0.271 e. The molecule has 0 atom stereocenters. The van der Waals surface area contributed by atoms with Gasteiger partial charge in [-0.15, -0.1) is 11.3 Å². The van der Waals surface area contributed by atoms with Crippen molar-refractivity contribution in [3.63, 3.8) is 0 Å². The second-order valence-electron chi connectivity index (χ2n) is 9.21. The Morgan fingerprint density at radius 3 is 2.48 bits per heavy atom. The first kappa shape index (κ1) is 28.5. The summed E-state index contributed by atoms with van der Waals surface area (Å²) in [6, 6.07) is 26.4. The van der Waals surface area contributed by atoms with Crippen molar-refractivity contribution in [2.24, 2.45) is 5.10 Å². The molecule has 1 heterocycles. The predicted molar refractivity (Wildman–Crippen MR) is 166 cm³/mol. The van der Waals surface area contributed by atoms with Crippen LogP contribution < -0.4 is 15.5 Å². The fourth-order valence-electron chi connectivity index (χ4n) is 3.84. The summed E-state index contributed by atoms with van der Waals surface area (Å²) in [7, 11) is 0. The third kappa shape index (κ3) is 7.36. The van der Waals surface area contributed by atoms with Gasteiger partial charge in [-0.2, -0.15) is 5.10 Å². The van der Waals surface area contributed by atoms with E-state index in [2.05, 4.69) is 20.8 Å². The second-order valence-corrected chi connectivity index (χ2v) is 10.5. The number of aromatic nitrogens is 1. The maximum absolute atomic E-state index is 12.6. The molecule has 42 heavy (non-hydrogen) atoms. The molecule has 1 amide bonds. The number of nitrogens with zero attached hydrogens (tertiary/aromatic N) is 3. The summed E-state index contributed by atoms with van der Waals surface area (Å²) in [5.74, 6) is 0.0985. The van der Waals surface area contributed by atoms with Gasteiger partial charge in [-0.05, 0) is 72.6 Å². The highest BCUT2D eigenvalue weighted by Crippen LogP contribution is 2.28. The number of nitrogens with one attached hydrogen (secondary N) is 2. The quantitative estimate of drug-likeness (QED) is 0.0964. The van der Waals surface area contributed by atoms with Crippen molar-refractivity contribution < 1.29 is 14.5 Å². The highest BCUT2D eigenvalue weighted by atomic mass is 35.5. The van der Waals surface area contributed by atoms with Gasteiger partial charge in [-0.3, -0.25) is 14.9 Å². The molecule has 4 aromatic carbocycles. The highest BCUT2D eigenvalue weighted by molar-refractivity contribution is 7.14. The first-order chi connectivity index (χ1) is 20.3. The van der Waals surface area contributed by atoms with Gasteiger partial charge < -0.3 is 10.1 Å². The van der Waals surface area contributed by atoms with Crippen LogP contribution in [0.15, 0.2) is 101 Å². The monoisotopic (exact) mass is 597 g/mol. The van der Waals surface area contributed by atoms with Crippen LogP contribution in [-0.2, 0) is 6.61 Å². The Kier molecular flexibility index (Phi) is 8.86. The average molecular weight is 598 g/mol. The van der Waals surface area contributed by atoms with Crippen molar-refractivity contribution in [3.8, 4) is 17.0 Å². The zero-order chi connectivity index (χ0) is 29.5. The van der Waals surface area contributed by atoms with Crippen LogP contribution in [0.2, 0.25) is 5.02 Å². The molecule has 1 aromatic heterocycles. The predicted octanol–water partition coefficient (Wildman–Crippen LogP) is 7.77. The third-order valence-corrected chi connectivity index (χ3v) is 7.18. The van der Waals surface area contributed by atoms with Crippen molar-refractivity contribution in [1.29, 1.82) is 0 Å². The number of hydrazone groups is 1. The van der Waals surface area contributed by atoms with Crippen LogP contribution in [0, 0.1) is 17.0 Å². The number of thiazole rings is 1. The number of hydrogen-bond donors (Lipinski definition) is 2. The summed E-state index contributed by atoms with van der Waals surface area (Å²) in [5, 5.41) is 21.2. The summed E-state index contributed by atoms with van der Waals surface area (Å²) in [4.78, 5) is 27.6. The van der Waals surface area contributed by atoms with Gasteiger partial charge in [0, 0.05) is 34.3 Å². The Bertz CT molecular complexity index is 1740. The Balaban J connectivity index is 1.13. The van der Waals surface area contributed by atoms with Gasteiger partial charge >= 0.3 is 0 Å². The number of nitro benzene ring substituents is 1. The molecular weight excluding hydrogens is 574 g/mol. The first-order valence-electron chi connectivity index (χ1n) is 12.7. The largest absolute Gasteiger partial charge is 0.487 e. The minimum atomic E-state index is -0.454. The lowest BCUT2D eigenvalue weighted by Crippen LogP contribution is -2.17. The number of aryl methyl sites for hydroxylation is 1. The molecule has 5 rings (SSSR count). The standard InChI is InChI=1S/C31H24ClN5O4S/c1-20-2-11-25(12-3-20)34-31-35-28(19-42-31)23-7-9-24(10-8-23)30(38)36-33-17-22-6-15-29(27(32)16-22)41-18-21-4-13-26(14-5-21)37(39)40/h2-17,19H,18H2,1H3,(H,34,35)(H,36,38)/b33-17-. The van der Waals surface area contributed by atoms with E-state index in [9.17, 15) is 14.9 Å². The molecule has 0 fully saturated rings. The van der Waals surface area contributed by atoms with Crippen molar-refractivity contribution in [1.82, 2.24) is 10.4 Å². The molecule has 0 bridgehead atoms. The number of anilines is 2. The second kappa shape index (κ2) is 13.1. The Morgan fingerprint density at radius 2 is 1.79 bits per heavy atom. The zero-order valence-corrected chi connectivity index (χ0v) is 23.9. The molecule has 0 aliphatic heterocycles. The molecule has 11 heteroatoms. The normalized spacial score (nSPS) is 10.9. The zero-order valence-electron chi connectivity index (χ0n) is 22.3. The topological polar surface area (TPSA) is 119 Å². The molecule has 0 radical (unpaired) electrons. The van der Waals surface area contributed by atoms with Crippen molar-refractivity contribution >= 4 is 51.6 Å². The molecule has 0 aliphatic carbocycles. The fourth-order valence-corrected chi connectivity index (χ4v) is 4.82. The van der Waals surface area contributed by atoms with Crippen molar-refractivity contribution in [2.75, 3.05) is 5.32 Å². The van der Waals surface area contributed by atoms with Crippen LogP contribution in [-0.4, -0.2) is 22.0 Å². The number of ether oxygens (including phenoxy) is 1. The number of amides is 1. The van der Waals surface area contributed by atoms with Gasteiger partial charge in [0.2, 0.25) is 0 Å². The molecule has 0 saturated heterocycles. The highest BCUT2D eigenvalue weighted by Gasteiger charge is 2.09. The smallest absolute Gasteiger partial charge is 0.271 e. The maximum atomic E-state index is 12.6. The van der Waals surface area contributed by atoms with Crippen LogP contribution in [0.4, 0.5) is 16.5 Å². The van der Waals surface area contributed by atoms with Gasteiger partial charge in [0.15, 0.2) is 5.13 Å². The minimum Gasteiger partial charge on any atom is -0.487 e. The van der Waals surface area contributed by atoms with E-state index >= 15 is 0 Å². The Labute approximate surface area is 250 Å². The van der Waals surface area contributed by atoms with E-state index in [0.717, 1.165) is 27.6 Å². The third-order valence-electron chi connectivity index (χ3n) is 6.13. The Morgan fingerprint density at radius 1 is 1.05 bits per heavy atom. The number of halogens is 1. The van der Waals surface area contributed by atoms with E-state index in [1.165, 1.54) is 35.2 Å². The fraction of sp³-hybridized carbons (Fsp3) is 0.0645. The minimum absolute atomic E-state index is 0.0150. The number of carbonyl (C=O) groups excluding carboxylic acids is 1. The summed E-state index contributed by atoms with van der Waals surface area (Å²) in [5.41, 5.74) is 8.30. The van der Waals surface area contributed by atoms with Gasteiger partial charge in [0.1, 0.15) is 12.4 Å². The van der Waals surface area contributed by atoms with Crippen LogP contribution in [0.3, 0.4) is 0 Å². The molecule has 5 aromatic rings. The SMILES string of the molecule is Cc1ccc(Nc2nc(-c3ccc(C(=O)N/N=C\c4ccc(OCc5ccc([N+](=O)[O-])cc5)c(Cl)c4)cc3)cs2)cc1. The lowest BCUT2D eigenvalue weighted by Gasteiger charge is -2.08. The van der Waals surface area contributed by atoms with Crippen molar-refractivity contribution in [3.05, 3.63) is 134 Å². The Hall–Kier alpha value is -5.06. The molecule has 0 spiro atoms. The number of hydrogen-bond acceptors (Lipinski definition) is 8. The van der Waals surface area contributed by atoms with E-state index in [4.69, 9.17) is 16.3 Å². The van der Waals surface area contributed by atoms with Crippen LogP contribution in [0.5, 0.6) is 5.75 Å². The van der Waals surface area contributed by atoms with E-state index in [1.54, 1.807) is 42.5 Å². The lowest BCUT2D eigenvalue weighted by molar-refractivity contribution is -0.384. The molecule has 9 nitrogen and oxygen atoms in total. The number of carbonyl (C=O) groups is 1. The lowest BCUT2D eigenvalue weighted by atomic mass is 10.1. The average Bonchev–Trinajstić information content (AvgIpc) is 3.46. The molecule has 2 N–H and O–H groups in total. The summed E-state index contributed by atoms with van der Waals surface area (Å²) in [6.45, 7) is 2.25. The van der Waals surface area contributed by atoms with E-state index in [1.807, 2.05) is 48.7 Å². The van der Waals surface area contributed by atoms with Crippen LogP contribution in [0.1, 0.15) is 27.0 Å². The molecule has 0 saturated carbocycles. The number of rotatable bonds is 10. The van der Waals surface area contributed by atoms with Gasteiger partial charge in [0.05, 0.1) is 21.9 Å². The summed E-state index contributed by atoms with van der Waals surface area (Å²) >= 11 is 7.85. The van der Waals surface area contributed by atoms with E-state index < -0.39 is 4.92 Å². The van der Waals surface area contributed by atoms with Gasteiger partial charge in [0.25, 0.3) is 11.6 Å². The summed E-state index contributed by atoms with van der Waals surface area (Å²) < 4.78 is 5.73. The molecule has 0 aliphatic rings. The molecular formula is C31H24ClN5O4S. The number of benzene rings is 4. The molecule has 0 unspecified atom stereocenters. The van der Waals surface area contributed by atoms with E-state index in [0.29, 0.717) is 21.9 Å². The van der Waals surface area contributed by atoms with Gasteiger partial charge in [-0.1, -0.05) is 41.4 Å². The number of non-ortho nitro benzene ring substituents is 1.